The van der Waals surface area contributed by atoms with E-state index in [9.17, 15) is 0 Å². The molecule has 52 heavy (non-hydrogen) atoms. The second-order valence-electron chi connectivity index (χ2n) is 14.4. The van der Waals surface area contributed by atoms with Crippen LogP contribution in [0.4, 0.5) is 17.1 Å². The molecule has 10 aromatic rings. The number of oxazole rings is 1. The van der Waals surface area contributed by atoms with Crippen LogP contribution in [0, 0.1) is 0 Å². The summed E-state index contributed by atoms with van der Waals surface area (Å²) in [6, 6.07) is 55.9. The Morgan fingerprint density at radius 1 is 0.481 bits per heavy atom. The molecule has 2 heterocycles. The number of nitrogens with zero attached hydrogens (tertiary/aromatic N) is 2. The second kappa shape index (κ2) is 10.7. The van der Waals surface area contributed by atoms with Gasteiger partial charge in [-0.3, -0.25) is 0 Å². The quantitative estimate of drug-likeness (QED) is 0.171. The summed E-state index contributed by atoms with van der Waals surface area (Å²) in [4.78, 5) is 7.52. The minimum absolute atomic E-state index is 0.140. The van der Waals surface area contributed by atoms with Crippen LogP contribution in [0.1, 0.15) is 25.0 Å². The monoisotopic (exact) mass is 668 g/mol. The van der Waals surface area contributed by atoms with E-state index in [1.807, 2.05) is 42.5 Å². The van der Waals surface area contributed by atoms with Gasteiger partial charge in [-0.15, -0.1) is 0 Å². The van der Waals surface area contributed by atoms with Gasteiger partial charge in [-0.25, -0.2) is 4.98 Å². The van der Waals surface area contributed by atoms with Crippen molar-refractivity contribution < 1.29 is 8.83 Å². The zero-order valence-electron chi connectivity index (χ0n) is 28.7. The summed E-state index contributed by atoms with van der Waals surface area (Å²) in [6.45, 7) is 4.66. The molecule has 0 unspecified atom stereocenters. The lowest BCUT2D eigenvalue weighted by Crippen LogP contribution is -2.16. The highest BCUT2D eigenvalue weighted by Crippen LogP contribution is 2.52. The maximum Gasteiger partial charge on any atom is 0.227 e. The molecular formula is C48H32N2O2. The lowest BCUT2D eigenvalue weighted by molar-refractivity contribution is 0.623. The van der Waals surface area contributed by atoms with Gasteiger partial charge in [-0.2, -0.15) is 0 Å². The Kier molecular flexibility index (Phi) is 5.98. The molecule has 0 bridgehead atoms. The molecule has 0 fully saturated rings. The van der Waals surface area contributed by atoms with Gasteiger partial charge in [0.15, 0.2) is 5.58 Å². The van der Waals surface area contributed by atoms with Crippen molar-refractivity contribution in [2.75, 3.05) is 4.90 Å². The number of fused-ring (bicyclic) bond motifs is 6. The normalized spacial score (nSPS) is 13.3. The van der Waals surface area contributed by atoms with Crippen LogP contribution in [0.3, 0.4) is 0 Å². The Hall–Kier alpha value is -6.65. The van der Waals surface area contributed by atoms with Gasteiger partial charge >= 0.3 is 0 Å². The number of aromatic nitrogens is 1. The molecule has 246 valence electrons. The van der Waals surface area contributed by atoms with Crippen LogP contribution in [-0.2, 0) is 5.41 Å². The molecule has 4 heteroatoms. The van der Waals surface area contributed by atoms with Gasteiger partial charge in [-0.1, -0.05) is 117 Å². The summed E-state index contributed by atoms with van der Waals surface area (Å²) in [6.07, 6.45) is 0. The maximum absolute atomic E-state index is 6.66. The molecule has 0 aliphatic heterocycles. The molecule has 0 saturated heterocycles. The molecular weight excluding hydrogens is 637 g/mol. The van der Waals surface area contributed by atoms with Gasteiger partial charge in [0.2, 0.25) is 5.89 Å². The van der Waals surface area contributed by atoms with Crippen molar-refractivity contribution in [1.29, 1.82) is 0 Å². The van der Waals surface area contributed by atoms with Crippen LogP contribution < -0.4 is 4.90 Å². The summed E-state index contributed by atoms with van der Waals surface area (Å²) in [7, 11) is 0. The van der Waals surface area contributed by atoms with E-state index in [2.05, 4.69) is 134 Å². The average Bonchev–Trinajstić information content (AvgIpc) is 3.87. The van der Waals surface area contributed by atoms with E-state index in [0.29, 0.717) is 5.89 Å². The van der Waals surface area contributed by atoms with Gasteiger partial charge in [0.05, 0.1) is 5.69 Å². The van der Waals surface area contributed by atoms with Gasteiger partial charge in [-0.05, 0) is 81.9 Å². The predicted molar refractivity (Wildman–Crippen MR) is 213 cm³/mol. The van der Waals surface area contributed by atoms with Crippen molar-refractivity contribution in [1.82, 2.24) is 4.98 Å². The molecule has 1 aliphatic rings. The zero-order chi connectivity index (χ0) is 34.6. The smallest absolute Gasteiger partial charge is 0.227 e. The van der Waals surface area contributed by atoms with Crippen LogP contribution in [0.2, 0.25) is 0 Å². The average molecular weight is 669 g/mol. The molecule has 1 aliphatic carbocycles. The summed E-state index contributed by atoms with van der Waals surface area (Å²) >= 11 is 0. The first-order chi connectivity index (χ1) is 25.5. The Balaban J connectivity index is 1.17. The number of rotatable bonds is 5. The summed E-state index contributed by atoms with van der Waals surface area (Å²) in [5, 5.41) is 4.15. The Morgan fingerprint density at radius 3 is 1.96 bits per heavy atom. The van der Waals surface area contributed by atoms with Crippen molar-refractivity contribution >= 4 is 60.9 Å². The van der Waals surface area contributed by atoms with Crippen LogP contribution in [-0.4, -0.2) is 4.98 Å². The first-order valence-corrected chi connectivity index (χ1v) is 17.8. The number of hydrogen-bond donors (Lipinski definition) is 0. The fraction of sp³-hybridized carbons (Fsp3) is 0.0625. The molecule has 0 saturated carbocycles. The Morgan fingerprint density at radius 2 is 1.15 bits per heavy atom. The fourth-order valence-electron chi connectivity index (χ4n) is 8.54. The third kappa shape index (κ3) is 4.12. The minimum atomic E-state index is -0.140. The molecule has 0 amide bonds. The zero-order valence-corrected chi connectivity index (χ0v) is 28.7. The molecule has 11 rings (SSSR count). The summed E-state index contributed by atoms with van der Waals surface area (Å²) < 4.78 is 13.3. The van der Waals surface area contributed by atoms with Gasteiger partial charge in [0, 0.05) is 50.0 Å². The molecule has 0 N–H and O–H groups in total. The van der Waals surface area contributed by atoms with E-state index < -0.39 is 0 Å². The number of furan rings is 1. The molecule has 0 spiro atoms. The Labute approximate surface area is 300 Å². The molecule has 8 aromatic carbocycles. The minimum Gasteiger partial charge on any atom is -0.456 e. The largest absolute Gasteiger partial charge is 0.456 e. The van der Waals surface area contributed by atoms with Crippen LogP contribution in [0.5, 0.6) is 0 Å². The van der Waals surface area contributed by atoms with Gasteiger partial charge < -0.3 is 13.7 Å². The fourth-order valence-corrected chi connectivity index (χ4v) is 8.54. The maximum atomic E-state index is 6.66. The number of benzene rings is 8. The second-order valence-corrected chi connectivity index (χ2v) is 14.4. The molecule has 0 atom stereocenters. The van der Waals surface area contributed by atoms with Crippen molar-refractivity contribution in [2.24, 2.45) is 0 Å². The van der Waals surface area contributed by atoms with E-state index in [1.165, 1.54) is 33.4 Å². The molecule has 2 aromatic heterocycles. The topological polar surface area (TPSA) is 42.4 Å². The van der Waals surface area contributed by atoms with Gasteiger partial charge in [0.25, 0.3) is 0 Å². The van der Waals surface area contributed by atoms with Crippen molar-refractivity contribution in [2.45, 2.75) is 19.3 Å². The van der Waals surface area contributed by atoms with E-state index in [1.54, 1.807) is 0 Å². The first kappa shape index (κ1) is 29.1. The van der Waals surface area contributed by atoms with Crippen LogP contribution in [0.25, 0.3) is 77.5 Å². The van der Waals surface area contributed by atoms with Crippen molar-refractivity contribution in [3.05, 3.63) is 169 Å². The molecule has 4 nitrogen and oxygen atoms in total. The number of hydrogen-bond acceptors (Lipinski definition) is 4. The van der Waals surface area contributed by atoms with E-state index in [4.69, 9.17) is 13.8 Å². The predicted octanol–water partition coefficient (Wildman–Crippen LogP) is 13.4. The highest BCUT2D eigenvalue weighted by atomic mass is 16.3. The van der Waals surface area contributed by atoms with Crippen LogP contribution in [0.15, 0.2) is 167 Å². The summed E-state index contributed by atoms with van der Waals surface area (Å²) in [5.74, 6) is 0.608. The highest BCUT2D eigenvalue weighted by molar-refractivity contribution is 6.32. The van der Waals surface area contributed by atoms with Gasteiger partial charge in [0.1, 0.15) is 16.7 Å². The Bertz CT molecular complexity index is 2970. The third-order valence-electron chi connectivity index (χ3n) is 11.0. The van der Waals surface area contributed by atoms with E-state index >= 15 is 0 Å². The SMILES string of the molecule is CC1(C)c2ccccc2-c2ccc(N(c3ccc(-c4ccccc4)cc3)c3cc4oc5cccc6c7oc(-c8ccccc8)nc7c(c3)c4c56)cc21. The van der Waals surface area contributed by atoms with Crippen LogP contribution >= 0.6 is 0 Å². The summed E-state index contributed by atoms with van der Waals surface area (Å²) in [5.41, 5.74) is 14.8. The third-order valence-corrected chi connectivity index (χ3v) is 11.0. The lowest BCUT2D eigenvalue weighted by atomic mass is 9.82. The van der Waals surface area contributed by atoms with Crippen molar-refractivity contribution in [3.63, 3.8) is 0 Å². The number of anilines is 3. The first-order valence-electron chi connectivity index (χ1n) is 17.8. The van der Waals surface area contributed by atoms with E-state index in [0.717, 1.165) is 66.4 Å². The highest BCUT2D eigenvalue weighted by Gasteiger charge is 2.36. The molecule has 0 radical (unpaired) electrons. The standard InChI is InChI=1S/C48H32N2O2/c1-48(2)39-18-10-9-16-35(39)36-25-24-33(27-40(36)48)50(32-22-20-30(21-23-32)29-12-5-3-6-13-29)34-26-38-44-42(28-34)51-41-19-11-17-37(43(41)44)46-45(38)49-47(52-46)31-14-7-4-8-15-31/h3-28H,1-2H3. The lowest BCUT2D eigenvalue weighted by Gasteiger charge is -2.28. The van der Waals surface area contributed by atoms with E-state index in [-0.39, 0.29) is 5.41 Å². The van der Waals surface area contributed by atoms with Crippen molar-refractivity contribution in [3.8, 4) is 33.7 Å².